The van der Waals surface area contributed by atoms with Gasteiger partial charge >= 0.3 is 11.7 Å². The van der Waals surface area contributed by atoms with Crippen LogP contribution in [-0.2, 0) is 21.0 Å². The number of carbonyl (C=O) groups excluding carboxylic acids is 1. The fraction of sp³-hybridized carbons (Fsp3) is 0.545. The first kappa shape index (κ1) is 15.1. The van der Waals surface area contributed by atoms with Crippen LogP contribution in [0.5, 0.6) is 0 Å². The van der Waals surface area contributed by atoms with Gasteiger partial charge in [-0.15, -0.1) is 0 Å². The normalized spacial score (nSPS) is 12.2. The van der Waals surface area contributed by atoms with Crippen LogP contribution in [0, 0.1) is 6.92 Å². The van der Waals surface area contributed by atoms with Gasteiger partial charge in [-0.25, -0.2) is 4.79 Å². The Morgan fingerprint density at radius 3 is 2.79 bits per heavy atom. The molecular formula is C11H16N2O6. The number of hydrogen-bond donors (Lipinski definition) is 2. The summed E-state index contributed by atoms with van der Waals surface area (Å²) in [6.45, 7) is 2.16. The van der Waals surface area contributed by atoms with Gasteiger partial charge in [0.2, 0.25) is 0 Å². The van der Waals surface area contributed by atoms with Crippen molar-refractivity contribution in [2.45, 2.75) is 26.7 Å². The van der Waals surface area contributed by atoms with E-state index in [9.17, 15) is 14.4 Å². The van der Waals surface area contributed by atoms with Crippen LogP contribution < -0.4 is 11.2 Å². The van der Waals surface area contributed by atoms with Crippen molar-refractivity contribution < 1.29 is 19.4 Å². The number of aryl methyl sites for hydroxylation is 1. The van der Waals surface area contributed by atoms with E-state index < -0.39 is 23.3 Å². The van der Waals surface area contributed by atoms with Gasteiger partial charge in [0.1, 0.15) is 19.4 Å². The van der Waals surface area contributed by atoms with Crippen molar-refractivity contribution in [2.24, 2.45) is 0 Å². The van der Waals surface area contributed by atoms with Crippen molar-refractivity contribution in [3.05, 3.63) is 32.6 Å². The Balaban J connectivity index is 2.64. The first-order chi connectivity index (χ1) is 8.93. The minimum Gasteiger partial charge on any atom is -0.463 e. The van der Waals surface area contributed by atoms with Crippen molar-refractivity contribution in [2.75, 3.05) is 13.2 Å². The van der Waals surface area contributed by atoms with E-state index in [4.69, 9.17) is 9.84 Å². The lowest BCUT2D eigenvalue weighted by Gasteiger charge is -2.15. The molecule has 1 aromatic rings. The van der Waals surface area contributed by atoms with Gasteiger partial charge in [-0.2, -0.15) is 0 Å². The molecule has 0 aliphatic carbocycles. The molecule has 106 valence electrons. The van der Waals surface area contributed by atoms with Crippen LogP contribution in [0.3, 0.4) is 0 Å². The lowest BCUT2D eigenvalue weighted by molar-refractivity contribution is -0.147. The summed E-state index contributed by atoms with van der Waals surface area (Å²) in [5.41, 5.74) is -0.705. The Bertz CT molecular complexity index is 547. The molecule has 0 aliphatic heterocycles. The summed E-state index contributed by atoms with van der Waals surface area (Å²) in [4.78, 5) is 35.3. The largest absolute Gasteiger partial charge is 0.463 e. The molecule has 0 bridgehead atoms. The molecule has 1 rings (SSSR count). The molecule has 0 saturated carbocycles. The quantitative estimate of drug-likeness (QED) is 0.626. The SMILES string of the molecule is CC(=O)OC[C@@H](CO)OCn1cc(C)c(=O)[nH]c1=O. The third-order valence-electron chi connectivity index (χ3n) is 2.31. The highest BCUT2D eigenvalue weighted by atomic mass is 16.6. The topological polar surface area (TPSA) is 111 Å². The lowest BCUT2D eigenvalue weighted by Crippen LogP contribution is -2.34. The maximum absolute atomic E-state index is 11.4. The third kappa shape index (κ3) is 4.68. The second kappa shape index (κ2) is 6.86. The number of ether oxygens (including phenoxy) is 2. The molecule has 1 aromatic heterocycles. The molecule has 0 aliphatic rings. The first-order valence-electron chi connectivity index (χ1n) is 5.60. The number of aromatic amines is 1. The van der Waals surface area contributed by atoms with Crippen molar-refractivity contribution in [1.29, 1.82) is 0 Å². The number of nitrogens with zero attached hydrogens (tertiary/aromatic N) is 1. The molecule has 0 radical (unpaired) electrons. The summed E-state index contributed by atoms with van der Waals surface area (Å²) >= 11 is 0. The molecule has 0 spiro atoms. The van der Waals surface area contributed by atoms with E-state index in [-0.39, 0.29) is 19.9 Å². The Kier molecular flexibility index (Phi) is 5.46. The molecule has 0 unspecified atom stereocenters. The summed E-state index contributed by atoms with van der Waals surface area (Å²) in [6.07, 6.45) is 0.615. The molecule has 1 heterocycles. The Morgan fingerprint density at radius 1 is 1.53 bits per heavy atom. The van der Waals surface area contributed by atoms with Crippen molar-refractivity contribution >= 4 is 5.97 Å². The molecule has 0 aromatic carbocycles. The summed E-state index contributed by atoms with van der Waals surface area (Å²) in [5, 5.41) is 9.02. The van der Waals surface area contributed by atoms with Crippen LogP contribution in [0.4, 0.5) is 0 Å². The number of aliphatic hydroxyl groups excluding tert-OH is 1. The fourth-order valence-corrected chi connectivity index (χ4v) is 1.26. The van der Waals surface area contributed by atoms with Crippen molar-refractivity contribution in [3.63, 3.8) is 0 Å². The maximum Gasteiger partial charge on any atom is 0.330 e. The number of aromatic nitrogens is 2. The van der Waals surface area contributed by atoms with Crippen LogP contribution >= 0.6 is 0 Å². The molecule has 2 N–H and O–H groups in total. The Labute approximate surface area is 108 Å². The number of carbonyl (C=O) groups is 1. The molecule has 0 saturated heterocycles. The standard InChI is InChI=1S/C11H16N2O6/c1-7-3-13(11(17)12-10(7)16)6-19-9(4-14)5-18-8(2)15/h3,9,14H,4-6H2,1-2H3,(H,12,16,17)/t9-/m1/s1. The summed E-state index contributed by atoms with van der Waals surface area (Å²) < 4.78 is 11.1. The minimum absolute atomic E-state index is 0.108. The number of aliphatic hydroxyl groups is 1. The first-order valence-corrected chi connectivity index (χ1v) is 5.60. The van der Waals surface area contributed by atoms with Crippen LogP contribution in [0.25, 0.3) is 0 Å². The molecule has 0 amide bonds. The van der Waals surface area contributed by atoms with E-state index in [2.05, 4.69) is 9.72 Å². The van der Waals surface area contributed by atoms with E-state index in [0.29, 0.717) is 5.56 Å². The molecule has 8 nitrogen and oxygen atoms in total. The zero-order valence-corrected chi connectivity index (χ0v) is 10.7. The number of H-pyrrole nitrogens is 1. The van der Waals surface area contributed by atoms with E-state index in [1.165, 1.54) is 13.1 Å². The highest BCUT2D eigenvalue weighted by molar-refractivity contribution is 5.65. The van der Waals surface area contributed by atoms with Crippen LogP contribution in [0.2, 0.25) is 0 Å². The van der Waals surface area contributed by atoms with Crippen LogP contribution in [0.1, 0.15) is 12.5 Å². The number of esters is 1. The average Bonchev–Trinajstić information content (AvgIpc) is 2.35. The number of rotatable bonds is 6. The molecule has 19 heavy (non-hydrogen) atoms. The van der Waals surface area contributed by atoms with Gasteiger partial charge in [-0.1, -0.05) is 0 Å². The highest BCUT2D eigenvalue weighted by Gasteiger charge is 2.11. The van der Waals surface area contributed by atoms with Gasteiger partial charge < -0.3 is 14.6 Å². The Morgan fingerprint density at radius 2 is 2.21 bits per heavy atom. The Hall–Kier alpha value is -1.93. The fourth-order valence-electron chi connectivity index (χ4n) is 1.26. The lowest BCUT2D eigenvalue weighted by atomic mass is 10.4. The predicted octanol–water partition coefficient (Wildman–Crippen LogP) is -1.26. The molecule has 1 atom stereocenters. The maximum atomic E-state index is 11.4. The molecule has 0 fully saturated rings. The average molecular weight is 272 g/mol. The van der Waals surface area contributed by atoms with Gasteiger partial charge in [-0.3, -0.25) is 19.1 Å². The van der Waals surface area contributed by atoms with E-state index in [1.807, 2.05) is 0 Å². The number of nitrogens with one attached hydrogen (secondary N) is 1. The third-order valence-corrected chi connectivity index (χ3v) is 2.31. The smallest absolute Gasteiger partial charge is 0.330 e. The van der Waals surface area contributed by atoms with E-state index in [1.54, 1.807) is 6.92 Å². The van der Waals surface area contributed by atoms with Gasteiger partial charge in [0, 0.05) is 18.7 Å². The monoisotopic (exact) mass is 272 g/mol. The van der Waals surface area contributed by atoms with Crippen molar-refractivity contribution in [3.8, 4) is 0 Å². The summed E-state index contributed by atoms with van der Waals surface area (Å²) in [6, 6.07) is 0. The molecule has 8 heteroatoms. The second-order valence-corrected chi connectivity index (χ2v) is 3.94. The summed E-state index contributed by atoms with van der Waals surface area (Å²) in [7, 11) is 0. The van der Waals surface area contributed by atoms with Gasteiger partial charge in [0.25, 0.3) is 5.56 Å². The van der Waals surface area contributed by atoms with Gasteiger partial charge in [0.15, 0.2) is 0 Å². The summed E-state index contributed by atoms with van der Waals surface area (Å²) in [5.74, 6) is -0.487. The zero-order valence-electron chi connectivity index (χ0n) is 10.7. The second-order valence-electron chi connectivity index (χ2n) is 3.94. The van der Waals surface area contributed by atoms with Gasteiger partial charge in [0.05, 0.1) is 6.61 Å². The highest BCUT2D eigenvalue weighted by Crippen LogP contribution is 1.95. The van der Waals surface area contributed by atoms with E-state index in [0.717, 1.165) is 4.57 Å². The number of hydrogen-bond acceptors (Lipinski definition) is 6. The zero-order chi connectivity index (χ0) is 14.4. The van der Waals surface area contributed by atoms with Gasteiger partial charge in [-0.05, 0) is 6.92 Å². The van der Waals surface area contributed by atoms with E-state index >= 15 is 0 Å². The predicted molar refractivity (Wildman–Crippen MR) is 64.7 cm³/mol. The minimum atomic E-state index is -0.733. The van der Waals surface area contributed by atoms with Crippen LogP contribution in [-0.4, -0.2) is 39.9 Å². The van der Waals surface area contributed by atoms with Crippen LogP contribution in [0.15, 0.2) is 15.8 Å². The van der Waals surface area contributed by atoms with Crippen molar-refractivity contribution in [1.82, 2.24) is 9.55 Å². The molecular weight excluding hydrogens is 256 g/mol.